The molecular weight excluding hydrogens is 385 g/mol. The van der Waals surface area contributed by atoms with Crippen LogP contribution in [0.3, 0.4) is 0 Å². The molecule has 3 N–H and O–H groups in total. The average molecular weight is 413 g/mol. The second-order valence-electron chi connectivity index (χ2n) is 7.86. The van der Waals surface area contributed by atoms with Crippen LogP contribution in [-0.2, 0) is 11.0 Å². The van der Waals surface area contributed by atoms with Gasteiger partial charge in [-0.2, -0.15) is 13.2 Å². The van der Waals surface area contributed by atoms with Gasteiger partial charge in [0.2, 0.25) is 0 Å². The molecule has 0 radical (unpaired) electrons. The van der Waals surface area contributed by atoms with Crippen LogP contribution in [0.4, 0.5) is 23.7 Å². The first-order chi connectivity index (χ1) is 13.7. The van der Waals surface area contributed by atoms with Crippen molar-refractivity contribution in [3.05, 3.63) is 29.8 Å². The predicted molar refractivity (Wildman–Crippen MR) is 103 cm³/mol. The number of benzene rings is 1. The SMILES string of the molecule is C[C@H](C(=O)NC(=O)NC1CCCC1)[NH+]1CCN(c2cccc(C(F)(F)F)c2)CC1. The number of urea groups is 1. The Morgan fingerprint density at radius 2 is 1.83 bits per heavy atom. The number of halogens is 3. The van der Waals surface area contributed by atoms with E-state index in [0.717, 1.165) is 42.7 Å². The van der Waals surface area contributed by atoms with Gasteiger partial charge < -0.3 is 15.1 Å². The van der Waals surface area contributed by atoms with Crippen LogP contribution in [0.15, 0.2) is 24.3 Å². The number of hydrogen-bond acceptors (Lipinski definition) is 3. The van der Waals surface area contributed by atoms with E-state index in [1.54, 1.807) is 13.0 Å². The smallest absolute Gasteiger partial charge is 0.360 e. The zero-order chi connectivity index (χ0) is 21.0. The molecule has 9 heteroatoms. The first-order valence-corrected chi connectivity index (χ1v) is 10.1. The van der Waals surface area contributed by atoms with E-state index in [0.29, 0.717) is 31.9 Å². The van der Waals surface area contributed by atoms with Crippen LogP contribution in [0, 0.1) is 0 Å². The predicted octanol–water partition coefficient (Wildman–Crippen LogP) is 1.57. The standard InChI is InChI=1S/C20H27F3N4O2/c1-14(18(28)25-19(29)24-16-6-2-3-7-16)26-9-11-27(12-10-26)17-8-4-5-15(13-17)20(21,22)23/h4-5,8,13-14,16H,2-3,6-7,9-12H2,1H3,(H2,24,25,28,29)/p+1/t14-/m1/s1. The average Bonchev–Trinajstić information content (AvgIpc) is 3.19. The minimum Gasteiger partial charge on any atom is -0.360 e. The summed E-state index contributed by atoms with van der Waals surface area (Å²) in [6.07, 6.45) is -0.292. The van der Waals surface area contributed by atoms with Gasteiger partial charge in [-0.3, -0.25) is 10.1 Å². The largest absolute Gasteiger partial charge is 0.416 e. The van der Waals surface area contributed by atoms with Gasteiger partial charge in [-0.1, -0.05) is 18.9 Å². The Labute approximate surface area is 168 Å². The maximum Gasteiger partial charge on any atom is 0.416 e. The van der Waals surface area contributed by atoms with Gasteiger partial charge >= 0.3 is 12.2 Å². The Hall–Kier alpha value is -2.29. The van der Waals surface area contributed by atoms with Gasteiger partial charge in [0.1, 0.15) is 0 Å². The van der Waals surface area contributed by atoms with E-state index in [1.807, 2.05) is 4.90 Å². The number of hydrogen-bond donors (Lipinski definition) is 3. The van der Waals surface area contributed by atoms with Crippen LogP contribution in [0.1, 0.15) is 38.2 Å². The number of rotatable bonds is 4. The number of nitrogens with one attached hydrogen (secondary N) is 3. The van der Waals surface area contributed by atoms with E-state index in [-0.39, 0.29) is 11.9 Å². The normalized spacial score (nSPS) is 19.8. The lowest BCUT2D eigenvalue weighted by Gasteiger charge is -2.36. The molecular formula is C20H28F3N4O2+. The minimum absolute atomic E-state index is 0.140. The van der Waals surface area contributed by atoms with Crippen molar-refractivity contribution >= 4 is 17.6 Å². The highest BCUT2D eigenvalue weighted by atomic mass is 19.4. The maximum absolute atomic E-state index is 12.9. The van der Waals surface area contributed by atoms with Gasteiger partial charge in [-0.05, 0) is 38.0 Å². The van der Waals surface area contributed by atoms with Crippen LogP contribution < -0.4 is 20.4 Å². The molecule has 1 heterocycles. The van der Waals surface area contributed by atoms with Crippen LogP contribution in [0.2, 0.25) is 0 Å². The number of quaternary nitrogens is 1. The van der Waals surface area contributed by atoms with Gasteiger partial charge in [0, 0.05) is 11.7 Å². The molecule has 1 saturated heterocycles. The summed E-state index contributed by atoms with van der Waals surface area (Å²) in [5.41, 5.74) is -0.127. The molecule has 29 heavy (non-hydrogen) atoms. The summed E-state index contributed by atoms with van der Waals surface area (Å²) in [5, 5.41) is 5.26. The third-order valence-electron chi connectivity index (χ3n) is 5.88. The zero-order valence-electron chi connectivity index (χ0n) is 16.5. The Morgan fingerprint density at radius 1 is 1.17 bits per heavy atom. The Kier molecular flexibility index (Phi) is 6.66. The van der Waals surface area contributed by atoms with Crippen molar-refractivity contribution in [1.82, 2.24) is 10.6 Å². The quantitative estimate of drug-likeness (QED) is 0.702. The third kappa shape index (κ3) is 5.62. The summed E-state index contributed by atoms with van der Waals surface area (Å²) < 4.78 is 38.8. The van der Waals surface area contributed by atoms with Gasteiger partial charge in [0.05, 0.1) is 31.7 Å². The number of carbonyl (C=O) groups is 2. The van der Waals surface area contributed by atoms with Crippen molar-refractivity contribution in [2.24, 2.45) is 0 Å². The number of nitrogens with zero attached hydrogens (tertiary/aromatic N) is 1. The fourth-order valence-corrected chi connectivity index (χ4v) is 4.06. The number of alkyl halides is 3. The summed E-state index contributed by atoms with van der Waals surface area (Å²) >= 11 is 0. The highest BCUT2D eigenvalue weighted by Gasteiger charge is 2.33. The molecule has 160 valence electrons. The van der Waals surface area contributed by atoms with Crippen LogP contribution in [0.25, 0.3) is 0 Å². The summed E-state index contributed by atoms with van der Waals surface area (Å²) in [6, 6.07) is 4.59. The third-order valence-corrected chi connectivity index (χ3v) is 5.88. The van der Waals surface area contributed by atoms with E-state index in [2.05, 4.69) is 10.6 Å². The molecule has 2 aliphatic rings. The summed E-state index contributed by atoms with van der Waals surface area (Å²) in [5.74, 6) is -0.331. The molecule has 0 aromatic heterocycles. The van der Waals surface area contributed by atoms with E-state index >= 15 is 0 Å². The first kappa shape index (κ1) is 21.4. The molecule has 1 aliphatic heterocycles. The fraction of sp³-hybridized carbons (Fsp3) is 0.600. The summed E-state index contributed by atoms with van der Waals surface area (Å²) in [4.78, 5) is 27.3. The van der Waals surface area contributed by atoms with Crippen molar-refractivity contribution in [3.8, 4) is 0 Å². The molecule has 0 spiro atoms. The van der Waals surface area contributed by atoms with Crippen LogP contribution in [0.5, 0.6) is 0 Å². The topological polar surface area (TPSA) is 65.9 Å². The molecule has 1 atom stereocenters. The molecule has 0 unspecified atom stereocenters. The van der Waals surface area contributed by atoms with Gasteiger partial charge in [0.25, 0.3) is 5.91 Å². The van der Waals surface area contributed by atoms with Crippen LogP contribution in [-0.4, -0.2) is 50.2 Å². The fourth-order valence-electron chi connectivity index (χ4n) is 4.06. The molecule has 1 aliphatic carbocycles. The maximum atomic E-state index is 12.9. The lowest BCUT2D eigenvalue weighted by atomic mass is 10.1. The van der Waals surface area contributed by atoms with E-state index in [1.165, 1.54) is 6.07 Å². The number of anilines is 1. The Bertz CT molecular complexity index is 727. The monoisotopic (exact) mass is 413 g/mol. The second-order valence-corrected chi connectivity index (χ2v) is 7.86. The molecule has 1 aromatic carbocycles. The molecule has 6 nitrogen and oxygen atoms in total. The molecule has 3 amide bonds. The second kappa shape index (κ2) is 9.02. The lowest BCUT2D eigenvalue weighted by molar-refractivity contribution is -0.914. The minimum atomic E-state index is -4.37. The molecule has 3 rings (SSSR count). The highest BCUT2D eigenvalue weighted by Crippen LogP contribution is 2.31. The molecule has 2 fully saturated rings. The summed E-state index contributed by atoms with van der Waals surface area (Å²) in [6.45, 7) is 4.07. The lowest BCUT2D eigenvalue weighted by Crippen LogP contribution is -3.19. The first-order valence-electron chi connectivity index (χ1n) is 10.1. The van der Waals surface area contributed by atoms with E-state index in [4.69, 9.17) is 0 Å². The van der Waals surface area contributed by atoms with Crippen molar-refractivity contribution < 1.29 is 27.7 Å². The van der Waals surface area contributed by atoms with Crippen molar-refractivity contribution in [2.45, 2.75) is 50.9 Å². The van der Waals surface area contributed by atoms with Gasteiger partial charge in [-0.15, -0.1) is 0 Å². The van der Waals surface area contributed by atoms with Crippen molar-refractivity contribution in [3.63, 3.8) is 0 Å². The molecule has 0 bridgehead atoms. The molecule has 1 saturated carbocycles. The van der Waals surface area contributed by atoms with Crippen LogP contribution >= 0.6 is 0 Å². The van der Waals surface area contributed by atoms with Gasteiger partial charge in [-0.25, -0.2) is 4.79 Å². The number of carbonyl (C=O) groups excluding carboxylic acids is 2. The zero-order valence-corrected chi connectivity index (χ0v) is 16.5. The number of amides is 3. The van der Waals surface area contributed by atoms with Crippen molar-refractivity contribution in [1.29, 1.82) is 0 Å². The highest BCUT2D eigenvalue weighted by molar-refractivity contribution is 5.96. The number of piperazine rings is 1. The van der Waals surface area contributed by atoms with Gasteiger partial charge in [0.15, 0.2) is 6.04 Å². The van der Waals surface area contributed by atoms with Crippen molar-refractivity contribution in [2.75, 3.05) is 31.1 Å². The number of imide groups is 1. The van der Waals surface area contributed by atoms with E-state index in [9.17, 15) is 22.8 Å². The Balaban J connectivity index is 1.49. The Morgan fingerprint density at radius 3 is 2.45 bits per heavy atom. The molecule has 1 aromatic rings. The van der Waals surface area contributed by atoms with E-state index < -0.39 is 23.8 Å². The summed E-state index contributed by atoms with van der Waals surface area (Å²) in [7, 11) is 0.